The van der Waals surface area contributed by atoms with Crippen LogP contribution in [0.25, 0.3) is 0 Å². The van der Waals surface area contributed by atoms with Gasteiger partial charge in [0.25, 0.3) is 0 Å². The van der Waals surface area contributed by atoms with Gasteiger partial charge < -0.3 is 0 Å². The van der Waals surface area contributed by atoms with E-state index in [1.54, 1.807) is 18.2 Å². The molecule has 0 fully saturated rings. The Morgan fingerprint density at radius 2 is 1.73 bits per heavy atom. The highest BCUT2D eigenvalue weighted by Gasteiger charge is 2.48. The van der Waals surface area contributed by atoms with E-state index in [1.165, 1.54) is 19.9 Å². The highest BCUT2D eigenvalue weighted by molar-refractivity contribution is 5.34. The first-order chi connectivity index (χ1) is 6.75. The highest BCUT2D eigenvalue weighted by atomic mass is 19.4. The fraction of sp³-hybridized carbons (Fsp3) is 0.500. The molecule has 0 N–H and O–H groups in total. The van der Waals surface area contributed by atoms with Crippen molar-refractivity contribution < 1.29 is 13.2 Å². The molecule has 0 aromatic heterocycles. The van der Waals surface area contributed by atoms with Crippen LogP contribution in [0.3, 0.4) is 0 Å². The van der Waals surface area contributed by atoms with E-state index < -0.39 is 11.6 Å². The molecule has 1 aliphatic carbocycles. The number of hydrogen-bond donors (Lipinski definition) is 0. The molecule has 0 radical (unpaired) electrons. The van der Waals surface area contributed by atoms with Gasteiger partial charge in [0.2, 0.25) is 0 Å². The lowest BCUT2D eigenvalue weighted by atomic mass is 9.83. The van der Waals surface area contributed by atoms with Crippen LogP contribution in [0.5, 0.6) is 0 Å². The molecule has 0 aromatic carbocycles. The van der Waals surface area contributed by atoms with Crippen LogP contribution >= 0.6 is 0 Å². The van der Waals surface area contributed by atoms with Crippen molar-refractivity contribution in [2.45, 2.75) is 26.9 Å². The first kappa shape index (κ1) is 12.1. The molecule has 84 valence electrons. The van der Waals surface area contributed by atoms with Crippen molar-refractivity contribution in [2.75, 3.05) is 0 Å². The van der Waals surface area contributed by atoms with E-state index in [-0.39, 0.29) is 5.92 Å². The molecule has 0 saturated heterocycles. The zero-order chi connectivity index (χ0) is 11.7. The van der Waals surface area contributed by atoms with Gasteiger partial charge in [-0.05, 0) is 25.3 Å². The summed E-state index contributed by atoms with van der Waals surface area (Å²) in [5.41, 5.74) is -1.49. The van der Waals surface area contributed by atoms with Crippen molar-refractivity contribution in [3.8, 4) is 0 Å². The summed E-state index contributed by atoms with van der Waals surface area (Å²) in [7, 11) is 0. The van der Waals surface area contributed by atoms with Crippen LogP contribution in [0.2, 0.25) is 0 Å². The fourth-order valence-corrected chi connectivity index (χ4v) is 1.29. The second-order valence-electron chi connectivity index (χ2n) is 4.35. The van der Waals surface area contributed by atoms with Crippen LogP contribution in [-0.2, 0) is 0 Å². The Morgan fingerprint density at radius 3 is 2.27 bits per heavy atom. The number of alkyl halides is 3. The third kappa shape index (κ3) is 2.52. The van der Waals surface area contributed by atoms with Crippen molar-refractivity contribution in [2.24, 2.45) is 11.3 Å². The number of hydrogen-bond acceptors (Lipinski definition) is 0. The Balaban J connectivity index is 3.04. The van der Waals surface area contributed by atoms with Gasteiger partial charge in [-0.2, -0.15) is 13.2 Å². The van der Waals surface area contributed by atoms with Gasteiger partial charge in [0.15, 0.2) is 0 Å². The predicted octanol–water partition coefficient (Wildman–Crippen LogP) is 4.26. The largest absolute Gasteiger partial charge is 0.397 e. The van der Waals surface area contributed by atoms with E-state index in [4.69, 9.17) is 0 Å². The molecule has 0 aliphatic heterocycles. The molecule has 3 heteroatoms. The second-order valence-corrected chi connectivity index (χ2v) is 4.35. The molecule has 0 bridgehead atoms. The number of rotatable bonds is 1. The average Bonchev–Trinajstić information content (AvgIpc) is 2.27. The summed E-state index contributed by atoms with van der Waals surface area (Å²) in [6, 6.07) is 0. The molecule has 1 rings (SSSR count). The zero-order valence-corrected chi connectivity index (χ0v) is 9.10. The van der Waals surface area contributed by atoms with Crippen molar-refractivity contribution in [3.63, 3.8) is 0 Å². The monoisotopic (exact) mass is 216 g/mol. The van der Waals surface area contributed by atoms with Crippen molar-refractivity contribution in [1.29, 1.82) is 0 Å². The lowest BCUT2D eigenvalue weighted by Gasteiger charge is -2.28. The SMILES string of the molecule is CC1C=CC=C(C(C)(C)C(F)(F)F)C=C1. The van der Waals surface area contributed by atoms with Gasteiger partial charge in [0.05, 0.1) is 5.41 Å². The van der Waals surface area contributed by atoms with E-state index in [9.17, 15) is 13.2 Å². The lowest BCUT2D eigenvalue weighted by Crippen LogP contribution is -2.33. The molecule has 0 nitrogen and oxygen atoms in total. The molecule has 1 aliphatic rings. The maximum absolute atomic E-state index is 12.7. The Labute approximate surface area is 88.2 Å². The molecule has 0 heterocycles. The van der Waals surface area contributed by atoms with Crippen LogP contribution < -0.4 is 0 Å². The van der Waals surface area contributed by atoms with Gasteiger partial charge in [0.1, 0.15) is 0 Å². The van der Waals surface area contributed by atoms with E-state index in [0.717, 1.165) is 0 Å². The van der Waals surface area contributed by atoms with Crippen molar-refractivity contribution >= 4 is 0 Å². The standard InChI is InChI=1S/C12H15F3/c1-9-5-4-6-10(8-7-9)11(2,3)12(13,14)15/h4-9H,1-3H3. The van der Waals surface area contributed by atoms with Gasteiger partial charge in [-0.25, -0.2) is 0 Å². The third-order valence-electron chi connectivity index (χ3n) is 2.70. The van der Waals surface area contributed by atoms with Gasteiger partial charge in [-0.15, -0.1) is 0 Å². The van der Waals surface area contributed by atoms with E-state index in [1.807, 2.05) is 13.0 Å². The summed E-state index contributed by atoms with van der Waals surface area (Å²) < 4.78 is 38.2. The Kier molecular flexibility index (Phi) is 3.12. The van der Waals surface area contributed by atoms with Crippen LogP contribution in [0, 0.1) is 11.3 Å². The molecule has 0 aromatic rings. The van der Waals surface area contributed by atoms with Gasteiger partial charge in [0, 0.05) is 0 Å². The van der Waals surface area contributed by atoms with Crippen molar-refractivity contribution in [3.05, 3.63) is 36.0 Å². The van der Waals surface area contributed by atoms with Crippen LogP contribution in [0.4, 0.5) is 13.2 Å². The summed E-state index contributed by atoms with van der Waals surface area (Å²) in [6.45, 7) is 4.34. The van der Waals surface area contributed by atoms with E-state index in [0.29, 0.717) is 5.57 Å². The molecule has 0 amide bonds. The van der Waals surface area contributed by atoms with Gasteiger partial charge in [-0.1, -0.05) is 37.3 Å². The van der Waals surface area contributed by atoms with Crippen LogP contribution in [-0.4, -0.2) is 6.18 Å². The molecular weight excluding hydrogens is 201 g/mol. The molecule has 0 saturated carbocycles. The number of allylic oxidation sites excluding steroid dienone is 6. The zero-order valence-electron chi connectivity index (χ0n) is 9.10. The minimum absolute atomic E-state index is 0.183. The maximum atomic E-state index is 12.7. The summed E-state index contributed by atoms with van der Waals surface area (Å²) in [4.78, 5) is 0. The quantitative estimate of drug-likeness (QED) is 0.614. The minimum atomic E-state index is -4.22. The normalized spacial score (nSPS) is 22.5. The molecule has 15 heavy (non-hydrogen) atoms. The van der Waals surface area contributed by atoms with Gasteiger partial charge in [-0.3, -0.25) is 0 Å². The second kappa shape index (κ2) is 3.87. The van der Waals surface area contributed by atoms with E-state index in [2.05, 4.69) is 0 Å². The molecule has 1 atom stereocenters. The maximum Gasteiger partial charge on any atom is 0.397 e. The van der Waals surface area contributed by atoms with Gasteiger partial charge >= 0.3 is 6.18 Å². The Hall–Kier alpha value is -0.990. The fourth-order valence-electron chi connectivity index (χ4n) is 1.29. The first-order valence-electron chi connectivity index (χ1n) is 4.89. The average molecular weight is 216 g/mol. The minimum Gasteiger partial charge on any atom is -0.170 e. The number of halogens is 3. The summed E-state index contributed by atoms with van der Waals surface area (Å²) >= 11 is 0. The topological polar surface area (TPSA) is 0 Å². The molecule has 1 unspecified atom stereocenters. The Morgan fingerprint density at radius 1 is 1.13 bits per heavy atom. The van der Waals surface area contributed by atoms with E-state index >= 15 is 0 Å². The molecular formula is C12H15F3. The van der Waals surface area contributed by atoms with Crippen LogP contribution in [0.1, 0.15) is 20.8 Å². The lowest BCUT2D eigenvalue weighted by molar-refractivity contribution is -0.196. The van der Waals surface area contributed by atoms with Crippen LogP contribution in [0.15, 0.2) is 36.0 Å². The summed E-state index contributed by atoms with van der Waals surface area (Å²) in [5, 5.41) is 0. The highest BCUT2D eigenvalue weighted by Crippen LogP contribution is 2.44. The Bertz CT molecular complexity index is 316. The first-order valence-corrected chi connectivity index (χ1v) is 4.89. The molecule has 0 spiro atoms. The predicted molar refractivity (Wildman–Crippen MR) is 55.4 cm³/mol. The summed E-state index contributed by atoms with van der Waals surface area (Å²) in [6.07, 6.45) is 4.22. The third-order valence-corrected chi connectivity index (χ3v) is 2.70. The summed E-state index contributed by atoms with van der Waals surface area (Å²) in [5.74, 6) is 0.183. The van der Waals surface area contributed by atoms with Crippen molar-refractivity contribution in [1.82, 2.24) is 0 Å². The smallest absolute Gasteiger partial charge is 0.170 e.